The van der Waals surface area contributed by atoms with Gasteiger partial charge in [0.15, 0.2) is 0 Å². The number of methoxy groups -OCH3 is 1. The van der Waals surface area contributed by atoms with Crippen LogP contribution in [0.15, 0.2) is 12.3 Å². The number of hydrogen-bond donors (Lipinski definition) is 0. The van der Waals surface area contributed by atoms with E-state index in [1.165, 1.54) is 19.4 Å². The van der Waals surface area contributed by atoms with Gasteiger partial charge < -0.3 is 4.74 Å². The predicted molar refractivity (Wildman–Crippen MR) is 49.7 cm³/mol. The zero-order valence-electron chi connectivity index (χ0n) is 7.45. The molecule has 0 bridgehead atoms. The zero-order chi connectivity index (χ0) is 10.6. The van der Waals surface area contributed by atoms with Crippen molar-refractivity contribution in [2.75, 3.05) is 7.11 Å². The molecule has 0 spiro atoms. The van der Waals surface area contributed by atoms with Crippen molar-refractivity contribution in [3.05, 3.63) is 28.5 Å². The Kier molecular flexibility index (Phi) is 3.43. The molecule has 1 aromatic heterocycles. The second-order valence-corrected chi connectivity index (χ2v) is 2.90. The molecule has 0 saturated heterocycles. The average Bonchev–Trinajstić information content (AvgIpc) is 2.20. The number of hydrogen-bond acceptors (Lipinski definition) is 4. The predicted octanol–water partition coefficient (Wildman–Crippen LogP) is 1.32. The number of pyridine rings is 1. The van der Waals surface area contributed by atoms with Crippen LogP contribution >= 0.6 is 11.6 Å². The Morgan fingerprint density at radius 2 is 2.50 bits per heavy atom. The monoisotopic (exact) mass is 210 g/mol. The molecule has 0 N–H and O–H groups in total. The quantitative estimate of drug-likeness (QED) is 0.546. The van der Waals surface area contributed by atoms with E-state index in [0.717, 1.165) is 0 Å². The SMILES string of the molecule is COC(=O)Cc1cnc(Cl)c(C#N)c1. The lowest BCUT2D eigenvalue weighted by Crippen LogP contribution is -2.05. The second kappa shape index (κ2) is 4.58. The molecule has 0 aliphatic heterocycles. The topological polar surface area (TPSA) is 63.0 Å². The van der Waals surface area contributed by atoms with Crippen LogP contribution in [-0.4, -0.2) is 18.1 Å². The molecule has 1 heterocycles. The van der Waals surface area contributed by atoms with Crippen LogP contribution in [0.4, 0.5) is 0 Å². The van der Waals surface area contributed by atoms with Crippen LogP contribution in [0.1, 0.15) is 11.1 Å². The summed E-state index contributed by atoms with van der Waals surface area (Å²) >= 11 is 5.62. The lowest BCUT2D eigenvalue weighted by atomic mass is 10.1. The van der Waals surface area contributed by atoms with E-state index in [1.54, 1.807) is 0 Å². The Bertz CT molecular complexity index is 398. The molecule has 4 nitrogen and oxygen atoms in total. The maximum absolute atomic E-state index is 10.9. The Labute approximate surface area is 86.1 Å². The number of halogens is 1. The minimum absolute atomic E-state index is 0.0926. The summed E-state index contributed by atoms with van der Waals surface area (Å²) in [6.07, 6.45) is 1.54. The maximum Gasteiger partial charge on any atom is 0.310 e. The van der Waals surface area contributed by atoms with E-state index in [4.69, 9.17) is 16.9 Å². The van der Waals surface area contributed by atoms with E-state index in [9.17, 15) is 4.79 Å². The summed E-state index contributed by atoms with van der Waals surface area (Å²) in [6, 6.07) is 3.40. The Morgan fingerprint density at radius 3 is 3.07 bits per heavy atom. The van der Waals surface area contributed by atoms with Gasteiger partial charge in [-0.15, -0.1) is 0 Å². The third-order valence-electron chi connectivity index (χ3n) is 1.59. The van der Waals surface area contributed by atoms with Gasteiger partial charge in [0.05, 0.1) is 19.1 Å². The zero-order valence-corrected chi connectivity index (χ0v) is 8.21. The summed E-state index contributed by atoms with van der Waals surface area (Å²) in [5.74, 6) is -0.377. The first kappa shape index (κ1) is 10.5. The van der Waals surface area contributed by atoms with Gasteiger partial charge in [0, 0.05) is 6.20 Å². The van der Waals surface area contributed by atoms with Crippen molar-refractivity contribution in [2.24, 2.45) is 0 Å². The fourth-order valence-electron chi connectivity index (χ4n) is 0.905. The summed E-state index contributed by atoms with van der Waals surface area (Å²) in [7, 11) is 1.30. The van der Waals surface area contributed by atoms with Gasteiger partial charge >= 0.3 is 5.97 Å². The molecule has 72 valence electrons. The molecule has 0 radical (unpaired) electrons. The largest absolute Gasteiger partial charge is 0.469 e. The molecule has 0 atom stereocenters. The van der Waals surface area contributed by atoms with Crippen molar-refractivity contribution in [2.45, 2.75) is 6.42 Å². The number of ether oxygens (including phenoxy) is 1. The van der Waals surface area contributed by atoms with Gasteiger partial charge in [-0.25, -0.2) is 4.98 Å². The first-order chi connectivity index (χ1) is 6.67. The summed E-state index contributed by atoms with van der Waals surface area (Å²) < 4.78 is 4.48. The minimum atomic E-state index is -0.377. The van der Waals surface area contributed by atoms with E-state index in [2.05, 4.69) is 9.72 Å². The van der Waals surface area contributed by atoms with Gasteiger partial charge in [0.1, 0.15) is 11.2 Å². The molecule has 0 fully saturated rings. The number of carbonyl (C=O) groups is 1. The normalized spacial score (nSPS) is 9.21. The van der Waals surface area contributed by atoms with Crippen LogP contribution in [0.5, 0.6) is 0 Å². The average molecular weight is 211 g/mol. The molecule has 14 heavy (non-hydrogen) atoms. The molecule has 0 amide bonds. The summed E-state index contributed by atoms with van der Waals surface area (Å²) in [6.45, 7) is 0. The van der Waals surface area contributed by atoms with Crippen molar-refractivity contribution < 1.29 is 9.53 Å². The highest BCUT2D eigenvalue weighted by Gasteiger charge is 2.06. The second-order valence-electron chi connectivity index (χ2n) is 2.55. The van der Waals surface area contributed by atoms with E-state index in [0.29, 0.717) is 5.56 Å². The van der Waals surface area contributed by atoms with E-state index in [1.807, 2.05) is 6.07 Å². The fraction of sp³-hybridized carbons (Fsp3) is 0.222. The molecule has 0 unspecified atom stereocenters. The summed E-state index contributed by atoms with van der Waals surface area (Å²) in [4.78, 5) is 14.7. The van der Waals surface area contributed by atoms with Crippen LogP contribution in [0, 0.1) is 11.3 Å². The number of nitrogens with zero attached hydrogens (tertiary/aromatic N) is 2. The first-order valence-corrected chi connectivity index (χ1v) is 4.16. The standard InChI is InChI=1S/C9H7ClN2O2/c1-14-8(13)3-6-2-7(4-11)9(10)12-5-6/h2,5H,3H2,1H3. The number of esters is 1. The maximum atomic E-state index is 10.9. The molecule has 1 rings (SSSR count). The highest BCUT2D eigenvalue weighted by atomic mass is 35.5. The smallest absolute Gasteiger partial charge is 0.310 e. The van der Waals surface area contributed by atoms with Crippen molar-refractivity contribution >= 4 is 17.6 Å². The Balaban J connectivity index is 2.91. The number of aromatic nitrogens is 1. The van der Waals surface area contributed by atoms with E-state index >= 15 is 0 Å². The fourth-order valence-corrected chi connectivity index (χ4v) is 1.05. The van der Waals surface area contributed by atoms with Crippen molar-refractivity contribution in [3.8, 4) is 6.07 Å². The lowest BCUT2D eigenvalue weighted by molar-refractivity contribution is -0.139. The van der Waals surface area contributed by atoms with Gasteiger partial charge in [0.25, 0.3) is 0 Å². The van der Waals surface area contributed by atoms with Crippen molar-refractivity contribution in [1.29, 1.82) is 5.26 Å². The molecule has 0 aromatic carbocycles. The van der Waals surface area contributed by atoms with Crippen molar-refractivity contribution in [3.63, 3.8) is 0 Å². The molecule has 0 aliphatic carbocycles. The van der Waals surface area contributed by atoms with Crippen LogP contribution < -0.4 is 0 Å². The molecule has 0 saturated carbocycles. The molecule has 5 heteroatoms. The highest BCUT2D eigenvalue weighted by Crippen LogP contribution is 2.13. The van der Waals surface area contributed by atoms with Crippen LogP contribution in [-0.2, 0) is 16.0 Å². The van der Waals surface area contributed by atoms with Gasteiger partial charge in [0.2, 0.25) is 0 Å². The number of rotatable bonds is 2. The van der Waals surface area contributed by atoms with Crippen LogP contribution in [0.2, 0.25) is 5.15 Å². The van der Waals surface area contributed by atoms with Gasteiger partial charge in [-0.3, -0.25) is 4.79 Å². The van der Waals surface area contributed by atoms with Gasteiger partial charge in [-0.05, 0) is 11.6 Å². The number of carbonyl (C=O) groups excluding carboxylic acids is 1. The van der Waals surface area contributed by atoms with Gasteiger partial charge in [-0.2, -0.15) is 5.26 Å². The van der Waals surface area contributed by atoms with Crippen LogP contribution in [0.25, 0.3) is 0 Å². The Morgan fingerprint density at radius 1 is 1.79 bits per heavy atom. The number of nitriles is 1. The minimum Gasteiger partial charge on any atom is -0.469 e. The summed E-state index contributed by atoms with van der Waals surface area (Å²) in [5, 5.41) is 8.78. The summed E-state index contributed by atoms with van der Waals surface area (Å²) in [5.41, 5.74) is 0.867. The van der Waals surface area contributed by atoms with E-state index < -0.39 is 0 Å². The molecular formula is C9H7ClN2O2. The molecule has 1 aromatic rings. The third kappa shape index (κ3) is 2.44. The highest BCUT2D eigenvalue weighted by molar-refractivity contribution is 6.30. The molecule has 0 aliphatic rings. The van der Waals surface area contributed by atoms with Crippen LogP contribution in [0.3, 0.4) is 0 Å². The lowest BCUT2D eigenvalue weighted by Gasteiger charge is -2.00. The third-order valence-corrected chi connectivity index (χ3v) is 1.89. The van der Waals surface area contributed by atoms with Gasteiger partial charge in [-0.1, -0.05) is 11.6 Å². The Hall–Kier alpha value is -1.60. The van der Waals surface area contributed by atoms with Crippen molar-refractivity contribution in [1.82, 2.24) is 4.98 Å². The first-order valence-electron chi connectivity index (χ1n) is 3.78. The molecular weight excluding hydrogens is 204 g/mol. The van der Waals surface area contributed by atoms with E-state index in [-0.39, 0.29) is 23.1 Å².